The van der Waals surface area contributed by atoms with Crippen LogP contribution in [-0.2, 0) is 0 Å². The second kappa shape index (κ2) is 5.85. The molecule has 0 amide bonds. The van der Waals surface area contributed by atoms with Gasteiger partial charge in [-0.05, 0) is 45.4 Å². The fraction of sp³-hybridized carbons (Fsp3) is 0.357. The highest BCUT2D eigenvalue weighted by atomic mass is 32.1. The molecule has 3 N–H and O–H groups in total. The minimum atomic E-state index is 0.140. The molecule has 0 aliphatic heterocycles. The van der Waals surface area contributed by atoms with Crippen LogP contribution in [0.3, 0.4) is 0 Å². The van der Waals surface area contributed by atoms with E-state index in [-0.39, 0.29) is 11.0 Å². The van der Waals surface area contributed by atoms with Crippen molar-refractivity contribution in [1.29, 1.82) is 0 Å². The van der Waals surface area contributed by atoms with Crippen LogP contribution in [0.2, 0.25) is 0 Å². The lowest BCUT2D eigenvalue weighted by Gasteiger charge is -2.14. The number of aromatic nitrogens is 2. The number of anilines is 1. The van der Waals surface area contributed by atoms with E-state index in [1.54, 1.807) is 17.4 Å². The molecule has 1 unspecified atom stereocenters. The fourth-order valence-corrected chi connectivity index (χ4v) is 3.24. The summed E-state index contributed by atoms with van der Waals surface area (Å²) in [5.41, 5.74) is 8.35. The Morgan fingerprint density at radius 1 is 1.30 bits per heavy atom. The lowest BCUT2D eigenvalue weighted by Crippen LogP contribution is -2.16. The van der Waals surface area contributed by atoms with Crippen LogP contribution in [-0.4, -0.2) is 15.0 Å². The van der Waals surface area contributed by atoms with Crippen molar-refractivity contribution in [3.8, 4) is 0 Å². The summed E-state index contributed by atoms with van der Waals surface area (Å²) >= 11 is 6.77. The number of nitrogens with two attached hydrogens (primary N) is 1. The number of hydrogen-bond acceptors (Lipinski definition) is 5. The fourth-order valence-electron chi connectivity index (χ4n) is 2.11. The van der Waals surface area contributed by atoms with E-state index in [2.05, 4.69) is 42.1 Å². The van der Waals surface area contributed by atoms with Gasteiger partial charge in [-0.3, -0.25) is 0 Å². The molecular formula is C14H18N4S2. The lowest BCUT2D eigenvalue weighted by molar-refractivity contribution is 0.853. The van der Waals surface area contributed by atoms with E-state index >= 15 is 0 Å². The predicted molar refractivity (Wildman–Crippen MR) is 88.5 cm³/mol. The van der Waals surface area contributed by atoms with Gasteiger partial charge in [0.2, 0.25) is 5.95 Å². The molecule has 4 nitrogen and oxygen atoms in total. The summed E-state index contributed by atoms with van der Waals surface area (Å²) < 4.78 is 0. The Balaban J connectivity index is 2.25. The molecule has 0 fully saturated rings. The van der Waals surface area contributed by atoms with Crippen LogP contribution >= 0.6 is 23.6 Å². The summed E-state index contributed by atoms with van der Waals surface area (Å²) in [6, 6.07) is 4.13. The molecular weight excluding hydrogens is 288 g/mol. The van der Waals surface area contributed by atoms with Crippen LogP contribution in [0.15, 0.2) is 12.1 Å². The maximum Gasteiger partial charge on any atom is 0.224 e. The molecule has 2 aromatic heterocycles. The summed E-state index contributed by atoms with van der Waals surface area (Å²) in [5.74, 6) is 0.559. The van der Waals surface area contributed by atoms with Gasteiger partial charge in [0.15, 0.2) is 0 Å². The van der Waals surface area contributed by atoms with Crippen molar-refractivity contribution in [2.24, 2.45) is 5.73 Å². The van der Waals surface area contributed by atoms with Gasteiger partial charge in [0.05, 0.1) is 6.04 Å². The number of nitrogens with one attached hydrogen (secondary N) is 1. The molecule has 0 spiro atoms. The Bertz CT molecular complexity index is 649. The number of hydrogen-bond donors (Lipinski definition) is 2. The van der Waals surface area contributed by atoms with E-state index in [1.165, 1.54) is 15.3 Å². The number of thiophene rings is 1. The molecule has 0 radical (unpaired) electrons. The minimum Gasteiger partial charge on any atom is -0.388 e. The summed E-state index contributed by atoms with van der Waals surface area (Å²) in [6.45, 7) is 8.24. The van der Waals surface area contributed by atoms with Gasteiger partial charge in [0.25, 0.3) is 0 Å². The molecule has 0 saturated heterocycles. The van der Waals surface area contributed by atoms with Gasteiger partial charge >= 0.3 is 0 Å². The lowest BCUT2D eigenvalue weighted by atomic mass is 10.1. The molecule has 20 heavy (non-hydrogen) atoms. The van der Waals surface area contributed by atoms with Crippen LogP contribution in [0.5, 0.6) is 0 Å². The molecule has 0 bridgehead atoms. The highest BCUT2D eigenvalue weighted by Crippen LogP contribution is 2.27. The van der Waals surface area contributed by atoms with Crippen molar-refractivity contribution in [3.05, 3.63) is 38.8 Å². The van der Waals surface area contributed by atoms with Gasteiger partial charge < -0.3 is 11.1 Å². The second-order valence-electron chi connectivity index (χ2n) is 4.82. The first-order valence-corrected chi connectivity index (χ1v) is 7.58. The van der Waals surface area contributed by atoms with E-state index in [0.717, 1.165) is 5.69 Å². The molecule has 2 heterocycles. The van der Waals surface area contributed by atoms with Crippen molar-refractivity contribution in [1.82, 2.24) is 9.97 Å². The van der Waals surface area contributed by atoms with Gasteiger partial charge in [-0.15, -0.1) is 11.3 Å². The van der Waals surface area contributed by atoms with Crippen LogP contribution in [0.25, 0.3) is 0 Å². The number of aryl methyl sites for hydroxylation is 3. The van der Waals surface area contributed by atoms with Crippen LogP contribution in [0, 0.1) is 20.8 Å². The first kappa shape index (κ1) is 14.9. The highest BCUT2D eigenvalue weighted by molar-refractivity contribution is 7.80. The first-order chi connectivity index (χ1) is 9.36. The Labute approximate surface area is 128 Å². The van der Waals surface area contributed by atoms with Gasteiger partial charge in [0.1, 0.15) is 10.7 Å². The average Bonchev–Trinajstić information content (AvgIpc) is 2.67. The zero-order valence-electron chi connectivity index (χ0n) is 12.0. The zero-order valence-corrected chi connectivity index (χ0v) is 13.7. The maximum atomic E-state index is 5.64. The standard InChI is InChI=1S/C14H18N4S2/c1-7-5-12(13(15)19)18-14(16-7)17-9(3)11-6-8(2)20-10(11)4/h5-6,9H,1-4H3,(H2,15,19)(H,16,17,18). The van der Waals surface area contributed by atoms with Gasteiger partial charge in [-0.1, -0.05) is 12.2 Å². The summed E-state index contributed by atoms with van der Waals surface area (Å²) in [4.78, 5) is 11.6. The molecule has 0 aliphatic rings. The molecule has 0 saturated carbocycles. The smallest absolute Gasteiger partial charge is 0.224 e. The van der Waals surface area contributed by atoms with E-state index in [4.69, 9.17) is 18.0 Å². The van der Waals surface area contributed by atoms with Crippen molar-refractivity contribution >= 4 is 34.5 Å². The third-order valence-corrected chi connectivity index (χ3v) is 4.19. The summed E-state index contributed by atoms with van der Waals surface area (Å²) in [5, 5.41) is 3.32. The normalized spacial score (nSPS) is 12.2. The third-order valence-electron chi connectivity index (χ3n) is 3.00. The van der Waals surface area contributed by atoms with Gasteiger partial charge in [0, 0.05) is 15.4 Å². The van der Waals surface area contributed by atoms with Crippen LogP contribution in [0.4, 0.5) is 5.95 Å². The van der Waals surface area contributed by atoms with Crippen molar-refractivity contribution in [2.45, 2.75) is 33.7 Å². The largest absolute Gasteiger partial charge is 0.388 e. The SMILES string of the molecule is Cc1cc(C(N)=S)nc(NC(C)c2cc(C)sc2C)n1. The predicted octanol–water partition coefficient (Wildman–Crippen LogP) is 3.27. The van der Waals surface area contributed by atoms with E-state index in [0.29, 0.717) is 11.6 Å². The van der Waals surface area contributed by atoms with Crippen molar-refractivity contribution in [2.75, 3.05) is 5.32 Å². The quantitative estimate of drug-likeness (QED) is 0.849. The Hall–Kier alpha value is -1.53. The first-order valence-electron chi connectivity index (χ1n) is 6.35. The molecule has 1 atom stereocenters. The Kier molecular flexibility index (Phi) is 4.35. The molecule has 106 valence electrons. The Morgan fingerprint density at radius 2 is 2.00 bits per heavy atom. The van der Waals surface area contributed by atoms with Crippen molar-refractivity contribution in [3.63, 3.8) is 0 Å². The molecule has 0 aromatic carbocycles. The number of thiocarbonyl (C=S) groups is 1. The van der Waals surface area contributed by atoms with E-state index in [9.17, 15) is 0 Å². The molecule has 2 rings (SSSR count). The van der Waals surface area contributed by atoms with Crippen LogP contribution in [0.1, 0.15) is 39.7 Å². The summed E-state index contributed by atoms with van der Waals surface area (Å²) in [6.07, 6.45) is 0. The Morgan fingerprint density at radius 3 is 2.55 bits per heavy atom. The molecule has 2 aromatic rings. The molecule has 6 heteroatoms. The maximum absolute atomic E-state index is 5.64. The third kappa shape index (κ3) is 3.32. The summed E-state index contributed by atoms with van der Waals surface area (Å²) in [7, 11) is 0. The van der Waals surface area contributed by atoms with Crippen LogP contribution < -0.4 is 11.1 Å². The van der Waals surface area contributed by atoms with Gasteiger partial charge in [-0.2, -0.15) is 0 Å². The number of rotatable bonds is 4. The van der Waals surface area contributed by atoms with E-state index in [1.807, 2.05) is 6.92 Å². The second-order valence-corrected chi connectivity index (χ2v) is 6.72. The number of nitrogens with zero attached hydrogens (tertiary/aromatic N) is 2. The molecule has 0 aliphatic carbocycles. The topological polar surface area (TPSA) is 63.8 Å². The monoisotopic (exact) mass is 306 g/mol. The van der Waals surface area contributed by atoms with Gasteiger partial charge in [-0.25, -0.2) is 9.97 Å². The zero-order chi connectivity index (χ0) is 14.9. The highest BCUT2D eigenvalue weighted by Gasteiger charge is 2.13. The average molecular weight is 306 g/mol. The van der Waals surface area contributed by atoms with E-state index < -0.39 is 0 Å². The minimum absolute atomic E-state index is 0.140. The van der Waals surface area contributed by atoms with Crippen molar-refractivity contribution < 1.29 is 0 Å².